The summed E-state index contributed by atoms with van der Waals surface area (Å²) in [5.41, 5.74) is 1.38. The van der Waals surface area contributed by atoms with E-state index in [0.29, 0.717) is 35.3 Å². The van der Waals surface area contributed by atoms with Gasteiger partial charge in [-0.15, -0.1) is 0 Å². The highest BCUT2D eigenvalue weighted by molar-refractivity contribution is 5.92. The molecule has 3 rings (SSSR count). The average molecular weight is 438 g/mol. The molecule has 1 aromatic carbocycles. The van der Waals surface area contributed by atoms with Gasteiger partial charge in [-0.2, -0.15) is 5.26 Å². The van der Waals surface area contributed by atoms with Gasteiger partial charge in [0.05, 0.1) is 12.2 Å². The second-order valence-electron chi connectivity index (χ2n) is 9.88. The Labute approximate surface area is 192 Å². The molecule has 0 radical (unpaired) electrons. The maximum Gasteiger partial charge on any atom is 0.270 e. The summed E-state index contributed by atoms with van der Waals surface area (Å²) in [6.45, 7) is 14.9. The maximum atomic E-state index is 12.9. The Morgan fingerprint density at radius 3 is 2.44 bits per heavy atom. The summed E-state index contributed by atoms with van der Waals surface area (Å²) in [4.78, 5) is 17.2. The average Bonchev–Trinajstić information content (AvgIpc) is 2.75. The minimum Gasteiger partial charge on any atom is -0.492 e. The third-order valence-corrected chi connectivity index (χ3v) is 6.43. The molecule has 1 amide bonds. The monoisotopic (exact) mass is 437 g/mol. The zero-order valence-corrected chi connectivity index (χ0v) is 20.0. The Kier molecular flexibility index (Phi) is 6.50. The zero-order valence-electron chi connectivity index (χ0n) is 20.0. The third kappa shape index (κ3) is 4.29. The van der Waals surface area contributed by atoms with Gasteiger partial charge in [0, 0.05) is 30.6 Å². The highest BCUT2D eigenvalue weighted by Crippen LogP contribution is 2.55. The van der Waals surface area contributed by atoms with Crippen molar-refractivity contribution in [3.8, 4) is 17.6 Å². The van der Waals surface area contributed by atoms with E-state index in [9.17, 15) is 10.1 Å². The summed E-state index contributed by atoms with van der Waals surface area (Å²) < 4.78 is 12.0. The van der Waals surface area contributed by atoms with Gasteiger partial charge in [-0.3, -0.25) is 9.78 Å². The first kappa shape index (κ1) is 23.6. The number of nitriles is 1. The van der Waals surface area contributed by atoms with Crippen LogP contribution in [0.4, 0.5) is 0 Å². The van der Waals surface area contributed by atoms with Crippen molar-refractivity contribution in [1.29, 1.82) is 5.26 Å². The fourth-order valence-corrected chi connectivity index (χ4v) is 4.97. The molecule has 6 heteroatoms. The van der Waals surface area contributed by atoms with Crippen LogP contribution in [0.5, 0.6) is 11.5 Å². The highest BCUT2D eigenvalue weighted by atomic mass is 16.5. The van der Waals surface area contributed by atoms with Crippen LogP contribution in [0.3, 0.4) is 0 Å². The molecule has 0 unspecified atom stereocenters. The van der Waals surface area contributed by atoms with E-state index in [0.717, 1.165) is 5.56 Å². The van der Waals surface area contributed by atoms with E-state index in [1.54, 1.807) is 30.5 Å². The van der Waals surface area contributed by atoms with Crippen LogP contribution in [0.1, 0.15) is 77.4 Å². The SMILES string of the molecule is CCOc1cc(OC2C(C)(C)C(NC(=O)c3ccc(C(C)C)cn3)C2(C)C)ccc1C#N.[HH]. The summed E-state index contributed by atoms with van der Waals surface area (Å²) in [5.74, 6) is 1.35. The molecule has 6 nitrogen and oxygen atoms in total. The van der Waals surface area contributed by atoms with Gasteiger partial charge in [-0.25, -0.2) is 0 Å². The van der Waals surface area contributed by atoms with Crippen molar-refractivity contribution in [2.45, 2.75) is 66.5 Å². The number of nitrogens with zero attached hydrogens (tertiary/aromatic N) is 2. The lowest BCUT2D eigenvalue weighted by molar-refractivity contribution is -0.164. The molecule has 1 heterocycles. The summed E-state index contributed by atoms with van der Waals surface area (Å²) in [6.07, 6.45) is 1.63. The van der Waals surface area contributed by atoms with Gasteiger partial charge in [-0.1, -0.05) is 47.6 Å². The molecule has 0 saturated heterocycles. The lowest BCUT2D eigenvalue weighted by Gasteiger charge is -2.63. The van der Waals surface area contributed by atoms with E-state index in [4.69, 9.17) is 9.47 Å². The van der Waals surface area contributed by atoms with E-state index in [1.165, 1.54) is 0 Å². The molecule has 0 atom stereocenters. The lowest BCUT2D eigenvalue weighted by atomic mass is 9.49. The number of aromatic nitrogens is 1. The van der Waals surface area contributed by atoms with Crippen LogP contribution in [0.2, 0.25) is 0 Å². The van der Waals surface area contributed by atoms with Gasteiger partial charge in [0.15, 0.2) is 0 Å². The van der Waals surface area contributed by atoms with Crippen LogP contribution in [0.25, 0.3) is 0 Å². The van der Waals surface area contributed by atoms with Crippen LogP contribution in [-0.2, 0) is 0 Å². The fourth-order valence-electron chi connectivity index (χ4n) is 4.97. The Hall–Kier alpha value is -3.07. The largest absolute Gasteiger partial charge is 0.492 e. The molecule has 1 aromatic heterocycles. The summed E-state index contributed by atoms with van der Waals surface area (Å²) in [5, 5.41) is 12.5. The third-order valence-electron chi connectivity index (χ3n) is 6.43. The molecular weight excluding hydrogens is 402 g/mol. The first-order chi connectivity index (χ1) is 15.0. The van der Waals surface area contributed by atoms with E-state index >= 15 is 0 Å². The van der Waals surface area contributed by atoms with Crippen molar-refractivity contribution < 1.29 is 15.7 Å². The van der Waals surface area contributed by atoms with Crippen LogP contribution >= 0.6 is 0 Å². The predicted octanol–water partition coefficient (Wildman–Crippen LogP) is 5.33. The van der Waals surface area contributed by atoms with Crippen LogP contribution < -0.4 is 14.8 Å². The molecular formula is C26H35N3O3. The van der Waals surface area contributed by atoms with Crippen LogP contribution in [-0.4, -0.2) is 29.6 Å². The molecule has 32 heavy (non-hydrogen) atoms. The molecule has 1 fully saturated rings. The molecule has 172 valence electrons. The minimum absolute atomic E-state index is 0. The molecule has 0 bridgehead atoms. The fraction of sp³-hybridized carbons (Fsp3) is 0.500. The van der Waals surface area contributed by atoms with Gasteiger partial charge in [0.2, 0.25) is 0 Å². The number of pyridine rings is 1. The van der Waals surface area contributed by atoms with Crippen LogP contribution in [0.15, 0.2) is 36.5 Å². The van der Waals surface area contributed by atoms with Crippen molar-refractivity contribution in [1.82, 2.24) is 10.3 Å². The zero-order chi connectivity index (χ0) is 23.7. The maximum absolute atomic E-state index is 12.9. The smallest absolute Gasteiger partial charge is 0.270 e. The second kappa shape index (κ2) is 8.82. The molecule has 1 aliphatic rings. The summed E-state index contributed by atoms with van der Waals surface area (Å²) >= 11 is 0. The first-order valence-electron chi connectivity index (χ1n) is 11.1. The molecule has 0 spiro atoms. The topological polar surface area (TPSA) is 84.2 Å². The molecule has 1 aliphatic carbocycles. The minimum atomic E-state index is -0.309. The van der Waals surface area contributed by atoms with Crippen molar-refractivity contribution in [2.24, 2.45) is 10.8 Å². The lowest BCUT2D eigenvalue weighted by Crippen LogP contribution is -2.74. The normalized spacial score (nSPS) is 20.7. The van der Waals surface area contributed by atoms with Gasteiger partial charge in [0.1, 0.15) is 29.4 Å². The van der Waals surface area contributed by atoms with E-state index in [2.05, 4.69) is 57.9 Å². The number of carbonyl (C=O) groups excluding carboxylic acids is 1. The van der Waals surface area contributed by atoms with Gasteiger partial charge in [0.25, 0.3) is 5.91 Å². The number of rotatable bonds is 7. The van der Waals surface area contributed by atoms with Crippen molar-refractivity contribution in [3.05, 3.63) is 53.3 Å². The van der Waals surface area contributed by atoms with Gasteiger partial charge >= 0.3 is 0 Å². The molecule has 1 N–H and O–H groups in total. The summed E-state index contributed by atoms with van der Waals surface area (Å²) in [7, 11) is 0. The Morgan fingerprint density at radius 1 is 1.22 bits per heavy atom. The molecule has 2 aromatic rings. The van der Waals surface area contributed by atoms with Gasteiger partial charge in [-0.05, 0) is 36.6 Å². The number of ether oxygens (including phenoxy) is 2. The number of nitrogens with one attached hydrogen (secondary N) is 1. The van der Waals surface area contributed by atoms with Crippen molar-refractivity contribution in [2.75, 3.05) is 6.61 Å². The Bertz CT molecular complexity index is 1010. The Morgan fingerprint density at radius 2 is 1.91 bits per heavy atom. The first-order valence-corrected chi connectivity index (χ1v) is 11.1. The number of carbonyl (C=O) groups is 1. The van der Waals surface area contributed by atoms with E-state index in [-0.39, 0.29) is 30.3 Å². The standard InChI is InChI=1S/C26H33N3O3.H2/c1-8-31-21-13-19(11-9-17(21)14-27)32-24-25(4,5)23(26(24,6)7)29-22(30)20-12-10-18(15-28-20)16(2)3;/h9-13,15-16,23-24H,8H2,1-7H3,(H,29,30);1H. The predicted molar refractivity (Wildman–Crippen MR) is 126 cm³/mol. The van der Waals surface area contributed by atoms with Crippen LogP contribution in [0, 0.1) is 22.2 Å². The molecule has 0 aliphatic heterocycles. The van der Waals surface area contributed by atoms with E-state index < -0.39 is 0 Å². The van der Waals surface area contributed by atoms with Crippen molar-refractivity contribution in [3.63, 3.8) is 0 Å². The van der Waals surface area contributed by atoms with Crippen molar-refractivity contribution >= 4 is 5.91 Å². The Balaban J connectivity index is 0.00000385. The summed E-state index contributed by atoms with van der Waals surface area (Å²) in [6, 6.07) is 11.1. The molecule has 1 saturated carbocycles. The number of amides is 1. The van der Waals surface area contributed by atoms with Gasteiger partial charge < -0.3 is 14.8 Å². The highest BCUT2D eigenvalue weighted by Gasteiger charge is 2.64. The second-order valence-corrected chi connectivity index (χ2v) is 9.88. The number of hydrogen-bond acceptors (Lipinski definition) is 5. The van der Waals surface area contributed by atoms with E-state index in [1.807, 2.05) is 13.0 Å². The number of hydrogen-bond donors (Lipinski definition) is 1. The number of benzene rings is 1. The quantitative estimate of drug-likeness (QED) is 0.632.